The van der Waals surface area contributed by atoms with Gasteiger partial charge in [0, 0.05) is 25.3 Å². The first-order valence-corrected chi connectivity index (χ1v) is 7.31. The van der Waals surface area contributed by atoms with Crippen molar-refractivity contribution < 1.29 is 23.4 Å². The lowest BCUT2D eigenvalue weighted by molar-refractivity contribution is 0.174. The van der Waals surface area contributed by atoms with Crippen molar-refractivity contribution in [2.45, 2.75) is 6.54 Å². The van der Waals surface area contributed by atoms with E-state index in [1.807, 2.05) is 0 Å². The Labute approximate surface area is 138 Å². The number of nitrogens with one attached hydrogen (secondary N) is 1. The molecule has 0 fully saturated rings. The Morgan fingerprint density at radius 2 is 2.04 bits per heavy atom. The van der Waals surface area contributed by atoms with Gasteiger partial charge in [-0.15, -0.1) is 0 Å². The Balaban J connectivity index is 1.63. The lowest BCUT2D eigenvalue weighted by Crippen LogP contribution is -2.30. The first kappa shape index (κ1) is 15.9. The molecule has 1 heterocycles. The highest BCUT2D eigenvalue weighted by Crippen LogP contribution is 2.34. The van der Waals surface area contributed by atoms with E-state index in [1.165, 1.54) is 24.1 Å². The summed E-state index contributed by atoms with van der Waals surface area (Å²) in [4.78, 5) is 13.7. The molecule has 24 heavy (non-hydrogen) atoms. The highest BCUT2D eigenvalue weighted by molar-refractivity contribution is 5.89. The number of hydrogen-bond donors (Lipinski definition) is 1. The normalized spacial score (nSPS) is 12.0. The average Bonchev–Trinajstić information content (AvgIpc) is 3.02. The van der Waals surface area contributed by atoms with E-state index in [2.05, 4.69) is 5.32 Å². The number of fused-ring (bicyclic) bond motifs is 1. The number of benzene rings is 2. The lowest BCUT2D eigenvalue weighted by atomic mass is 10.2. The number of urea groups is 1. The molecule has 2 aromatic carbocycles. The molecule has 0 aromatic heterocycles. The number of rotatable bonds is 4. The van der Waals surface area contributed by atoms with Crippen LogP contribution in [0.25, 0.3) is 0 Å². The van der Waals surface area contributed by atoms with E-state index in [0.29, 0.717) is 22.7 Å². The maximum absolute atomic E-state index is 13.7. The van der Waals surface area contributed by atoms with Gasteiger partial charge in [-0.2, -0.15) is 0 Å². The van der Waals surface area contributed by atoms with Gasteiger partial charge in [0.25, 0.3) is 0 Å². The molecule has 0 spiro atoms. The van der Waals surface area contributed by atoms with Crippen molar-refractivity contribution in [1.29, 1.82) is 0 Å². The van der Waals surface area contributed by atoms with E-state index in [9.17, 15) is 9.18 Å². The minimum Gasteiger partial charge on any atom is -0.494 e. The number of hydrogen-bond acceptors (Lipinski definition) is 4. The summed E-state index contributed by atoms with van der Waals surface area (Å²) in [5.74, 6) is 0.952. The van der Waals surface area contributed by atoms with Crippen LogP contribution in [0.2, 0.25) is 0 Å². The van der Waals surface area contributed by atoms with Gasteiger partial charge in [-0.1, -0.05) is 6.07 Å². The summed E-state index contributed by atoms with van der Waals surface area (Å²) in [5, 5.41) is 2.76. The van der Waals surface area contributed by atoms with Crippen molar-refractivity contribution in [3.8, 4) is 17.2 Å². The van der Waals surface area contributed by atoms with E-state index in [0.717, 1.165) is 0 Å². The van der Waals surface area contributed by atoms with Gasteiger partial charge in [-0.3, -0.25) is 0 Å². The molecule has 0 atom stereocenters. The Hall–Kier alpha value is -2.96. The van der Waals surface area contributed by atoms with Crippen LogP contribution in [0, 0.1) is 5.82 Å². The molecule has 2 amide bonds. The minimum absolute atomic E-state index is 0.172. The molecule has 1 aliphatic rings. The van der Waals surface area contributed by atoms with Crippen LogP contribution in [-0.2, 0) is 6.54 Å². The van der Waals surface area contributed by atoms with Crippen LogP contribution in [0.15, 0.2) is 36.4 Å². The third-order valence-corrected chi connectivity index (χ3v) is 3.61. The number of methoxy groups -OCH3 is 1. The smallest absolute Gasteiger partial charge is 0.321 e. The molecule has 0 bridgehead atoms. The first-order chi connectivity index (χ1) is 11.6. The highest BCUT2D eigenvalue weighted by Gasteiger charge is 2.16. The van der Waals surface area contributed by atoms with Crippen molar-refractivity contribution in [1.82, 2.24) is 4.90 Å². The maximum Gasteiger partial charge on any atom is 0.321 e. The zero-order chi connectivity index (χ0) is 17.1. The van der Waals surface area contributed by atoms with Gasteiger partial charge in [0.15, 0.2) is 23.1 Å². The fourth-order valence-electron chi connectivity index (χ4n) is 2.35. The molecule has 6 nitrogen and oxygen atoms in total. The number of amides is 2. The third-order valence-electron chi connectivity index (χ3n) is 3.61. The van der Waals surface area contributed by atoms with E-state index >= 15 is 0 Å². The van der Waals surface area contributed by atoms with Gasteiger partial charge >= 0.3 is 6.03 Å². The molecule has 1 N–H and O–H groups in total. The highest BCUT2D eigenvalue weighted by atomic mass is 19.1. The van der Waals surface area contributed by atoms with E-state index < -0.39 is 5.82 Å². The van der Waals surface area contributed by atoms with Crippen LogP contribution >= 0.6 is 0 Å². The number of carbonyl (C=O) groups excluding carboxylic acids is 1. The van der Waals surface area contributed by atoms with E-state index in [4.69, 9.17) is 14.2 Å². The Morgan fingerprint density at radius 1 is 1.25 bits per heavy atom. The summed E-state index contributed by atoms with van der Waals surface area (Å²) < 4.78 is 29.1. The van der Waals surface area contributed by atoms with Crippen LogP contribution in [0.5, 0.6) is 17.2 Å². The standard InChI is InChI=1S/C17H17FN2O4/c1-20(9-11-3-5-14(22-2)13(18)7-11)17(21)19-12-4-6-15-16(8-12)24-10-23-15/h3-8H,9-10H2,1-2H3,(H,19,21). The van der Waals surface area contributed by atoms with E-state index in [1.54, 1.807) is 31.3 Å². The van der Waals surface area contributed by atoms with Gasteiger partial charge in [0.05, 0.1) is 7.11 Å². The number of nitrogens with zero attached hydrogens (tertiary/aromatic N) is 1. The van der Waals surface area contributed by atoms with Crippen molar-refractivity contribution in [2.75, 3.05) is 26.3 Å². The summed E-state index contributed by atoms with van der Waals surface area (Å²) >= 11 is 0. The van der Waals surface area contributed by atoms with Gasteiger partial charge in [-0.25, -0.2) is 9.18 Å². The summed E-state index contributed by atoms with van der Waals surface area (Å²) in [5.41, 5.74) is 1.26. The van der Waals surface area contributed by atoms with Crippen LogP contribution in [0.4, 0.5) is 14.9 Å². The molecule has 0 radical (unpaired) electrons. The molecule has 7 heteroatoms. The largest absolute Gasteiger partial charge is 0.494 e. The van der Waals surface area contributed by atoms with Crippen LogP contribution in [0.3, 0.4) is 0 Å². The second kappa shape index (κ2) is 6.66. The summed E-state index contributed by atoms with van der Waals surface area (Å²) in [6.45, 7) is 0.437. The predicted molar refractivity (Wildman–Crippen MR) is 86.0 cm³/mol. The maximum atomic E-state index is 13.7. The van der Waals surface area contributed by atoms with E-state index in [-0.39, 0.29) is 25.1 Å². The molecular formula is C17H17FN2O4. The Bertz CT molecular complexity index is 766. The lowest BCUT2D eigenvalue weighted by Gasteiger charge is -2.18. The molecule has 0 saturated heterocycles. The van der Waals surface area contributed by atoms with Gasteiger partial charge in [-0.05, 0) is 29.8 Å². The zero-order valence-corrected chi connectivity index (χ0v) is 13.3. The summed E-state index contributed by atoms with van der Waals surface area (Å²) in [7, 11) is 3.04. The summed E-state index contributed by atoms with van der Waals surface area (Å²) in [6.07, 6.45) is 0. The van der Waals surface area contributed by atoms with Crippen molar-refractivity contribution in [3.05, 3.63) is 47.8 Å². The number of ether oxygens (including phenoxy) is 3. The molecule has 0 aliphatic carbocycles. The topological polar surface area (TPSA) is 60.0 Å². The number of carbonyl (C=O) groups is 1. The van der Waals surface area contributed by atoms with Gasteiger partial charge in [0.2, 0.25) is 6.79 Å². The van der Waals surface area contributed by atoms with Crippen LogP contribution in [-0.4, -0.2) is 31.9 Å². The predicted octanol–water partition coefficient (Wildman–Crippen LogP) is 3.23. The molecule has 1 aliphatic heterocycles. The number of halogens is 1. The second-order valence-corrected chi connectivity index (χ2v) is 5.32. The van der Waals surface area contributed by atoms with Crippen LogP contribution in [0.1, 0.15) is 5.56 Å². The van der Waals surface area contributed by atoms with Gasteiger partial charge in [0.1, 0.15) is 0 Å². The Kier molecular flexibility index (Phi) is 4.41. The average molecular weight is 332 g/mol. The van der Waals surface area contributed by atoms with Crippen molar-refractivity contribution >= 4 is 11.7 Å². The molecule has 2 aromatic rings. The molecule has 0 unspecified atom stereocenters. The van der Waals surface area contributed by atoms with Crippen molar-refractivity contribution in [3.63, 3.8) is 0 Å². The monoisotopic (exact) mass is 332 g/mol. The molecular weight excluding hydrogens is 315 g/mol. The summed E-state index contributed by atoms with van der Waals surface area (Å²) in [6, 6.07) is 9.44. The molecule has 0 saturated carbocycles. The fourth-order valence-corrected chi connectivity index (χ4v) is 2.35. The number of anilines is 1. The zero-order valence-electron chi connectivity index (χ0n) is 13.3. The Morgan fingerprint density at radius 3 is 2.79 bits per heavy atom. The quantitative estimate of drug-likeness (QED) is 0.934. The van der Waals surface area contributed by atoms with Crippen molar-refractivity contribution in [2.24, 2.45) is 0 Å². The fraction of sp³-hybridized carbons (Fsp3) is 0.235. The second-order valence-electron chi connectivity index (χ2n) is 5.32. The third kappa shape index (κ3) is 3.34. The first-order valence-electron chi connectivity index (χ1n) is 7.31. The molecule has 3 rings (SSSR count). The minimum atomic E-state index is -0.459. The van der Waals surface area contributed by atoms with Crippen LogP contribution < -0.4 is 19.5 Å². The molecule has 126 valence electrons. The van der Waals surface area contributed by atoms with Gasteiger partial charge < -0.3 is 24.4 Å². The SMILES string of the molecule is COc1ccc(CN(C)C(=O)Nc2ccc3c(c2)OCO3)cc1F.